The third-order valence-corrected chi connectivity index (χ3v) is 4.49. The molecule has 3 rings (SSSR count). The van der Waals surface area contributed by atoms with E-state index in [0.717, 1.165) is 46.6 Å². The van der Waals surface area contributed by atoms with E-state index in [1.54, 1.807) is 0 Å². The number of aliphatic hydroxyl groups is 1. The molecule has 0 aliphatic rings. The number of unbranched alkanes of at least 4 members (excludes halogenated alkanes) is 1. The zero-order chi connectivity index (χ0) is 19.6. The monoisotopic (exact) mass is 377 g/mol. The number of benzene rings is 3. The fraction of sp³-hybridized carbons (Fsp3) is 0.250. The van der Waals surface area contributed by atoms with Gasteiger partial charge in [-0.15, -0.1) is 0 Å². The topological polar surface area (TPSA) is 64.7 Å². The lowest BCUT2D eigenvalue weighted by atomic mass is 10.0. The molecule has 3 N–H and O–H groups in total. The Morgan fingerprint density at radius 3 is 2.43 bits per heavy atom. The maximum atomic E-state index is 8.96. The van der Waals surface area contributed by atoms with Gasteiger partial charge in [0.05, 0.1) is 6.61 Å². The van der Waals surface area contributed by atoms with Gasteiger partial charge in [-0.3, -0.25) is 0 Å². The van der Waals surface area contributed by atoms with Gasteiger partial charge in [-0.2, -0.15) is 0 Å². The van der Waals surface area contributed by atoms with E-state index < -0.39 is 0 Å². The van der Waals surface area contributed by atoms with Crippen molar-refractivity contribution in [3.8, 4) is 22.6 Å². The van der Waals surface area contributed by atoms with E-state index in [9.17, 15) is 0 Å². The van der Waals surface area contributed by atoms with Crippen LogP contribution in [0.15, 0.2) is 72.8 Å². The first-order valence-electron chi connectivity index (χ1n) is 9.64. The predicted molar refractivity (Wildman–Crippen MR) is 112 cm³/mol. The Hall–Kier alpha value is -2.82. The van der Waals surface area contributed by atoms with Gasteiger partial charge in [0.25, 0.3) is 0 Å². The quantitative estimate of drug-likeness (QED) is 0.509. The minimum Gasteiger partial charge on any atom is -0.493 e. The summed E-state index contributed by atoms with van der Waals surface area (Å²) in [5, 5.41) is 8.96. The number of nitrogens with two attached hydrogens (primary N) is 1. The average Bonchev–Trinajstić information content (AvgIpc) is 2.76. The highest BCUT2D eigenvalue weighted by atomic mass is 16.5. The number of rotatable bonds is 10. The second-order valence-electron chi connectivity index (χ2n) is 6.62. The van der Waals surface area contributed by atoms with E-state index in [2.05, 4.69) is 0 Å². The van der Waals surface area contributed by atoms with E-state index in [-0.39, 0.29) is 6.61 Å². The standard InChI is InChI=1S/C24H27NO3/c25-17-20-11-12-23(24(15-20)27-14-5-4-13-26)21-9-6-10-22(16-21)28-18-19-7-2-1-3-8-19/h1-3,6-12,15-16,26H,4-5,13-14,17-18,25H2. The van der Waals surface area contributed by atoms with Crippen molar-refractivity contribution in [1.29, 1.82) is 0 Å². The highest BCUT2D eigenvalue weighted by Crippen LogP contribution is 2.33. The lowest BCUT2D eigenvalue weighted by Gasteiger charge is -2.14. The summed E-state index contributed by atoms with van der Waals surface area (Å²) in [5.41, 5.74) is 9.99. The van der Waals surface area contributed by atoms with Gasteiger partial charge in [-0.1, -0.05) is 54.6 Å². The van der Waals surface area contributed by atoms with Crippen molar-refractivity contribution in [2.45, 2.75) is 26.0 Å². The molecule has 0 radical (unpaired) electrons. The molecular formula is C24H27NO3. The molecule has 0 fully saturated rings. The van der Waals surface area contributed by atoms with Gasteiger partial charge in [-0.05, 0) is 47.7 Å². The lowest BCUT2D eigenvalue weighted by molar-refractivity contribution is 0.253. The van der Waals surface area contributed by atoms with Crippen LogP contribution in [0.3, 0.4) is 0 Å². The molecule has 0 amide bonds. The summed E-state index contributed by atoms with van der Waals surface area (Å²) < 4.78 is 12.0. The Labute approximate surface area is 166 Å². The Bertz CT molecular complexity index is 865. The van der Waals surface area contributed by atoms with Crippen LogP contribution in [0.25, 0.3) is 11.1 Å². The van der Waals surface area contributed by atoms with Crippen LogP contribution in [0.4, 0.5) is 0 Å². The zero-order valence-corrected chi connectivity index (χ0v) is 16.0. The molecule has 0 atom stereocenters. The Kier molecular flexibility index (Phi) is 7.47. The smallest absolute Gasteiger partial charge is 0.127 e. The first kappa shape index (κ1) is 19.9. The van der Waals surface area contributed by atoms with E-state index in [4.69, 9.17) is 20.3 Å². The fourth-order valence-corrected chi connectivity index (χ4v) is 2.94. The van der Waals surface area contributed by atoms with E-state index in [0.29, 0.717) is 19.8 Å². The van der Waals surface area contributed by atoms with E-state index in [1.807, 2.05) is 72.8 Å². The van der Waals surface area contributed by atoms with Crippen LogP contribution in [0, 0.1) is 0 Å². The average molecular weight is 377 g/mol. The third kappa shape index (κ3) is 5.59. The second-order valence-corrected chi connectivity index (χ2v) is 6.62. The number of ether oxygens (including phenoxy) is 2. The molecule has 146 valence electrons. The van der Waals surface area contributed by atoms with Crippen molar-refractivity contribution in [3.63, 3.8) is 0 Å². The van der Waals surface area contributed by atoms with Crippen LogP contribution < -0.4 is 15.2 Å². The fourth-order valence-electron chi connectivity index (χ4n) is 2.94. The first-order valence-corrected chi connectivity index (χ1v) is 9.64. The second kappa shape index (κ2) is 10.5. The molecule has 4 heteroatoms. The molecule has 3 aromatic carbocycles. The predicted octanol–water partition coefficient (Wildman–Crippen LogP) is 4.54. The summed E-state index contributed by atoms with van der Waals surface area (Å²) in [6.45, 7) is 1.74. The van der Waals surface area contributed by atoms with Crippen LogP contribution in [0.5, 0.6) is 11.5 Å². The maximum absolute atomic E-state index is 8.96. The van der Waals surface area contributed by atoms with Gasteiger partial charge >= 0.3 is 0 Å². The van der Waals surface area contributed by atoms with E-state index >= 15 is 0 Å². The Morgan fingerprint density at radius 2 is 1.64 bits per heavy atom. The molecule has 0 bridgehead atoms. The minimum absolute atomic E-state index is 0.180. The lowest BCUT2D eigenvalue weighted by Crippen LogP contribution is -2.02. The number of hydrogen-bond acceptors (Lipinski definition) is 4. The van der Waals surface area contributed by atoms with E-state index in [1.165, 1.54) is 0 Å². The highest BCUT2D eigenvalue weighted by molar-refractivity contribution is 5.72. The van der Waals surface area contributed by atoms with Crippen molar-refractivity contribution < 1.29 is 14.6 Å². The summed E-state index contributed by atoms with van der Waals surface area (Å²) in [4.78, 5) is 0. The van der Waals surface area contributed by atoms with Gasteiger partial charge in [0, 0.05) is 18.7 Å². The number of aliphatic hydroxyl groups excluding tert-OH is 1. The molecule has 0 aromatic heterocycles. The molecule has 28 heavy (non-hydrogen) atoms. The molecule has 0 unspecified atom stereocenters. The summed E-state index contributed by atoms with van der Waals surface area (Å²) in [6, 6.07) is 24.2. The van der Waals surface area contributed by atoms with Crippen molar-refractivity contribution in [2.75, 3.05) is 13.2 Å². The Balaban J connectivity index is 1.77. The highest BCUT2D eigenvalue weighted by Gasteiger charge is 2.09. The van der Waals surface area contributed by atoms with Crippen LogP contribution >= 0.6 is 0 Å². The molecular weight excluding hydrogens is 350 g/mol. The molecule has 0 spiro atoms. The van der Waals surface area contributed by atoms with Crippen molar-refractivity contribution in [2.24, 2.45) is 5.73 Å². The first-order chi connectivity index (χ1) is 13.8. The van der Waals surface area contributed by atoms with Gasteiger partial charge in [0.2, 0.25) is 0 Å². The van der Waals surface area contributed by atoms with Crippen molar-refractivity contribution in [1.82, 2.24) is 0 Å². The van der Waals surface area contributed by atoms with Crippen molar-refractivity contribution >= 4 is 0 Å². The SMILES string of the molecule is NCc1ccc(-c2cccc(OCc3ccccc3)c2)c(OCCCCO)c1. The largest absolute Gasteiger partial charge is 0.493 e. The van der Waals surface area contributed by atoms with Crippen LogP contribution in [-0.4, -0.2) is 18.3 Å². The molecule has 3 aromatic rings. The molecule has 0 heterocycles. The maximum Gasteiger partial charge on any atom is 0.127 e. The van der Waals surface area contributed by atoms with Gasteiger partial charge < -0.3 is 20.3 Å². The third-order valence-electron chi connectivity index (χ3n) is 4.49. The minimum atomic E-state index is 0.180. The number of hydrogen-bond donors (Lipinski definition) is 2. The summed E-state index contributed by atoms with van der Waals surface area (Å²) in [6.07, 6.45) is 1.54. The van der Waals surface area contributed by atoms with Gasteiger partial charge in [-0.25, -0.2) is 0 Å². The normalized spacial score (nSPS) is 10.6. The van der Waals surface area contributed by atoms with Crippen LogP contribution in [-0.2, 0) is 13.2 Å². The Morgan fingerprint density at radius 1 is 0.786 bits per heavy atom. The zero-order valence-electron chi connectivity index (χ0n) is 16.0. The molecule has 0 aliphatic carbocycles. The van der Waals surface area contributed by atoms with Gasteiger partial charge in [0.1, 0.15) is 18.1 Å². The van der Waals surface area contributed by atoms with Crippen LogP contribution in [0.2, 0.25) is 0 Å². The molecule has 0 saturated carbocycles. The summed E-state index contributed by atoms with van der Waals surface area (Å²) >= 11 is 0. The molecule has 0 aliphatic heterocycles. The van der Waals surface area contributed by atoms with Gasteiger partial charge in [0.15, 0.2) is 0 Å². The molecule has 0 saturated heterocycles. The summed E-state index contributed by atoms with van der Waals surface area (Å²) in [7, 11) is 0. The summed E-state index contributed by atoms with van der Waals surface area (Å²) in [5.74, 6) is 1.62. The van der Waals surface area contributed by atoms with Crippen LogP contribution in [0.1, 0.15) is 24.0 Å². The molecule has 4 nitrogen and oxygen atoms in total. The van der Waals surface area contributed by atoms with Crippen molar-refractivity contribution in [3.05, 3.63) is 83.9 Å².